The maximum atomic E-state index is 9.56. The van der Waals surface area contributed by atoms with Crippen molar-refractivity contribution in [3.05, 3.63) is 29.8 Å². The van der Waals surface area contributed by atoms with E-state index in [0.29, 0.717) is 0 Å². The number of benzene rings is 1. The Bertz CT molecular complexity index is 363. The Balaban J connectivity index is 1.98. The van der Waals surface area contributed by atoms with E-state index < -0.39 is 0 Å². The predicted octanol–water partition coefficient (Wildman–Crippen LogP) is 2.80. The van der Waals surface area contributed by atoms with Gasteiger partial charge in [0.1, 0.15) is 0 Å². The lowest BCUT2D eigenvalue weighted by Crippen LogP contribution is -2.18. The van der Waals surface area contributed by atoms with E-state index in [2.05, 4.69) is 36.5 Å². The van der Waals surface area contributed by atoms with Crippen LogP contribution in [0.15, 0.2) is 29.2 Å². The summed E-state index contributed by atoms with van der Waals surface area (Å²) in [5, 5.41) is 13.3. The van der Waals surface area contributed by atoms with Crippen molar-refractivity contribution in [3.8, 4) is 0 Å². The van der Waals surface area contributed by atoms with E-state index in [0.717, 1.165) is 12.6 Å². The first-order valence-corrected chi connectivity index (χ1v) is 7.21. The molecule has 0 aliphatic heterocycles. The molecule has 2 nitrogen and oxygen atoms in total. The number of nitrogens with one attached hydrogen (secondary N) is 1. The van der Waals surface area contributed by atoms with E-state index in [9.17, 15) is 5.11 Å². The monoisotopic (exact) mass is 251 g/mol. The van der Waals surface area contributed by atoms with Gasteiger partial charge in [-0.1, -0.05) is 25.1 Å². The van der Waals surface area contributed by atoms with Gasteiger partial charge in [0, 0.05) is 22.7 Å². The van der Waals surface area contributed by atoms with Crippen LogP contribution in [0.25, 0.3) is 0 Å². The summed E-state index contributed by atoms with van der Waals surface area (Å²) in [5.41, 5.74) is 1.34. The molecule has 0 spiro atoms. The van der Waals surface area contributed by atoms with Crippen molar-refractivity contribution in [1.29, 1.82) is 0 Å². The summed E-state index contributed by atoms with van der Waals surface area (Å²) in [4.78, 5) is 1.29. The molecular weight excluding hydrogens is 230 g/mol. The summed E-state index contributed by atoms with van der Waals surface area (Å²) in [6.07, 6.45) is 2.36. The molecule has 0 aromatic heterocycles. The highest BCUT2D eigenvalue weighted by atomic mass is 32.2. The van der Waals surface area contributed by atoms with Crippen LogP contribution < -0.4 is 5.32 Å². The largest absolute Gasteiger partial charge is 0.392 e. The summed E-state index contributed by atoms with van der Waals surface area (Å²) >= 11 is 1.76. The van der Waals surface area contributed by atoms with Crippen molar-refractivity contribution in [2.24, 2.45) is 0 Å². The molecule has 2 atom stereocenters. The highest BCUT2D eigenvalue weighted by molar-refractivity contribution is 8.00. The van der Waals surface area contributed by atoms with Crippen LogP contribution in [0.2, 0.25) is 0 Å². The molecule has 1 aliphatic carbocycles. The second-order valence-electron chi connectivity index (χ2n) is 4.83. The van der Waals surface area contributed by atoms with Crippen LogP contribution in [0, 0.1) is 0 Å². The van der Waals surface area contributed by atoms with Crippen molar-refractivity contribution < 1.29 is 5.11 Å². The fourth-order valence-electron chi connectivity index (χ4n) is 1.61. The molecule has 1 saturated carbocycles. The number of rotatable bonds is 6. The molecule has 1 aliphatic rings. The van der Waals surface area contributed by atoms with Crippen molar-refractivity contribution in [1.82, 2.24) is 5.32 Å². The maximum absolute atomic E-state index is 9.56. The third-order valence-electron chi connectivity index (χ3n) is 3.12. The second kappa shape index (κ2) is 5.89. The smallest absolute Gasteiger partial charge is 0.0631 e. The molecule has 1 aromatic carbocycles. The third-order valence-corrected chi connectivity index (χ3v) is 4.54. The fourth-order valence-corrected chi connectivity index (χ4v) is 2.65. The van der Waals surface area contributed by atoms with E-state index in [1.807, 2.05) is 6.92 Å². The Labute approximate surface area is 108 Å². The molecule has 0 radical (unpaired) electrons. The first-order chi connectivity index (χ1) is 8.16. The van der Waals surface area contributed by atoms with Crippen LogP contribution in [-0.2, 0) is 6.54 Å². The zero-order valence-electron chi connectivity index (χ0n) is 10.5. The second-order valence-corrected chi connectivity index (χ2v) is 6.25. The summed E-state index contributed by atoms with van der Waals surface area (Å²) in [5.74, 6) is 0. The first kappa shape index (κ1) is 12.9. The van der Waals surface area contributed by atoms with E-state index >= 15 is 0 Å². The van der Waals surface area contributed by atoms with Gasteiger partial charge in [-0.05, 0) is 31.4 Å². The lowest BCUT2D eigenvalue weighted by atomic mass is 10.2. The molecule has 17 heavy (non-hydrogen) atoms. The Morgan fingerprint density at radius 1 is 1.35 bits per heavy atom. The molecular formula is C14H21NOS. The number of thioether (sulfide) groups is 1. The highest BCUT2D eigenvalue weighted by Gasteiger charge is 2.20. The summed E-state index contributed by atoms with van der Waals surface area (Å²) in [7, 11) is 0. The van der Waals surface area contributed by atoms with Gasteiger partial charge in [-0.25, -0.2) is 0 Å². The van der Waals surface area contributed by atoms with Gasteiger partial charge in [0.25, 0.3) is 0 Å². The highest BCUT2D eigenvalue weighted by Crippen LogP contribution is 2.29. The van der Waals surface area contributed by atoms with Gasteiger partial charge in [-0.15, -0.1) is 11.8 Å². The van der Waals surface area contributed by atoms with E-state index in [4.69, 9.17) is 0 Å². The SMILES string of the molecule is CC(O)C(C)Sc1ccccc1CNC1CC1. The lowest BCUT2D eigenvalue weighted by molar-refractivity contribution is 0.196. The van der Waals surface area contributed by atoms with Crippen molar-refractivity contribution in [3.63, 3.8) is 0 Å². The normalized spacial score (nSPS) is 19.0. The molecule has 2 unspecified atom stereocenters. The van der Waals surface area contributed by atoms with Gasteiger partial charge in [-0.3, -0.25) is 0 Å². The van der Waals surface area contributed by atoms with Crippen LogP contribution in [0.1, 0.15) is 32.3 Å². The third kappa shape index (κ3) is 4.02. The van der Waals surface area contributed by atoms with Crippen LogP contribution >= 0.6 is 11.8 Å². The standard InChI is InChI=1S/C14H21NOS/c1-10(16)11(2)17-14-6-4-3-5-12(14)9-15-13-7-8-13/h3-6,10-11,13,15-16H,7-9H2,1-2H3. The van der Waals surface area contributed by atoms with E-state index in [1.165, 1.54) is 23.3 Å². The molecule has 0 amide bonds. The van der Waals surface area contributed by atoms with Gasteiger partial charge in [0.15, 0.2) is 0 Å². The minimum Gasteiger partial charge on any atom is -0.392 e. The minimum atomic E-state index is -0.274. The van der Waals surface area contributed by atoms with Gasteiger partial charge in [0.2, 0.25) is 0 Å². The predicted molar refractivity (Wildman–Crippen MR) is 73.3 cm³/mol. The molecule has 1 fully saturated rings. The van der Waals surface area contributed by atoms with Crippen molar-refractivity contribution in [2.45, 2.75) is 55.5 Å². The Kier molecular flexibility index (Phi) is 4.48. The topological polar surface area (TPSA) is 32.3 Å². The average molecular weight is 251 g/mol. The Morgan fingerprint density at radius 3 is 2.71 bits per heavy atom. The van der Waals surface area contributed by atoms with Crippen LogP contribution in [0.5, 0.6) is 0 Å². The van der Waals surface area contributed by atoms with Crippen LogP contribution in [0.4, 0.5) is 0 Å². The molecule has 0 saturated heterocycles. The van der Waals surface area contributed by atoms with Gasteiger partial charge in [0.05, 0.1) is 6.10 Å². The van der Waals surface area contributed by atoms with Gasteiger partial charge >= 0.3 is 0 Å². The molecule has 1 aromatic rings. The molecule has 0 heterocycles. The summed E-state index contributed by atoms with van der Waals surface area (Å²) < 4.78 is 0. The van der Waals surface area contributed by atoms with Crippen LogP contribution in [-0.4, -0.2) is 22.5 Å². The van der Waals surface area contributed by atoms with Crippen LogP contribution in [0.3, 0.4) is 0 Å². The maximum Gasteiger partial charge on any atom is 0.0631 e. The Morgan fingerprint density at radius 2 is 2.06 bits per heavy atom. The number of aliphatic hydroxyl groups excluding tert-OH is 1. The minimum absolute atomic E-state index is 0.233. The molecule has 3 heteroatoms. The molecule has 2 N–H and O–H groups in total. The quantitative estimate of drug-likeness (QED) is 0.763. The zero-order valence-corrected chi connectivity index (χ0v) is 11.3. The van der Waals surface area contributed by atoms with E-state index in [-0.39, 0.29) is 11.4 Å². The van der Waals surface area contributed by atoms with Gasteiger partial charge < -0.3 is 10.4 Å². The fraction of sp³-hybridized carbons (Fsp3) is 0.571. The number of hydrogen-bond acceptors (Lipinski definition) is 3. The number of hydrogen-bond donors (Lipinski definition) is 2. The summed E-state index contributed by atoms with van der Waals surface area (Å²) in [6, 6.07) is 9.21. The van der Waals surface area contributed by atoms with Gasteiger partial charge in [-0.2, -0.15) is 0 Å². The summed E-state index contributed by atoms with van der Waals surface area (Å²) in [6.45, 7) is 4.86. The molecule has 94 valence electrons. The lowest BCUT2D eigenvalue weighted by Gasteiger charge is -2.16. The first-order valence-electron chi connectivity index (χ1n) is 6.33. The molecule has 0 bridgehead atoms. The number of aliphatic hydroxyl groups is 1. The van der Waals surface area contributed by atoms with E-state index in [1.54, 1.807) is 11.8 Å². The zero-order chi connectivity index (χ0) is 12.3. The molecule has 2 rings (SSSR count). The Hall–Kier alpha value is -0.510. The average Bonchev–Trinajstić information content (AvgIpc) is 3.11. The van der Waals surface area contributed by atoms with Crippen molar-refractivity contribution >= 4 is 11.8 Å². The van der Waals surface area contributed by atoms with Crippen molar-refractivity contribution in [2.75, 3.05) is 0 Å².